The molecule has 110 valence electrons. The summed E-state index contributed by atoms with van der Waals surface area (Å²) in [7, 11) is 0. The maximum atomic E-state index is 12.5. The second kappa shape index (κ2) is 7.33. The molecule has 1 fully saturated rings. The summed E-state index contributed by atoms with van der Waals surface area (Å²) in [5.74, 6) is -1.00. The number of hydrogen-bond donors (Lipinski definition) is 2. The van der Waals surface area contributed by atoms with Crippen molar-refractivity contribution in [3.8, 4) is 0 Å². The number of carbonyl (C=O) groups excluding carboxylic acids is 1. The van der Waals surface area contributed by atoms with E-state index in [1.54, 1.807) is 4.90 Å². The second-order valence-corrected chi connectivity index (χ2v) is 5.25. The standard InChI is InChI=1S/C13H24N2O4/c1-10(2)15(9-12(17)18)13(19)14(7-4-8-16)11-5-3-6-11/h10-11,16H,3-9H2,1-2H3,(H,17,18). The van der Waals surface area contributed by atoms with Crippen LogP contribution in [0.2, 0.25) is 0 Å². The summed E-state index contributed by atoms with van der Waals surface area (Å²) < 4.78 is 0. The highest BCUT2D eigenvalue weighted by molar-refractivity contribution is 5.80. The van der Waals surface area contributed by atoms with Crippen LogP contribution in [0.25, 0.3) is 0 Å². The first-order valence-electron chi connectivity index (χ1n) is 6.87. The Morgan fingerprint density at radius 1 is 1.32 bits per heavy atom. The summed E-state index contributed by atoms with van der Waals surface area (Å²) in [5.41, 5.74) is 0. The Balaban J connectivity index is 2.73. The Morgan fingerprint density at radius 3 is 2.32 bits per heavy atom. The average Bonchev–Trinajstić information content (AvgIpc) is 2.27. The molecule has 0 aromatic rings. The van der Waals surface area contributed by atoms with Crippen LogP contribution in [0.3, 0.4) is 0 Å². The number of carboxylic acids is 1. The van der Waals surface area contributed by atoms with Gasteiger partial charge in [-0.25, -0.2) is 4.79 Å². The van der Waals surface area contributed by atoms with Crippen LogP contribution in [0.5, 0.6) is 0 Å². The lowest BCUT2D eigenvalue weighted by molar-refractivity contribution is -0.138. The van der Waals surface area contributed by atoms with Crippen LogP contribution >= 0.6 is 0 Å². The third kappa shape index (κ3) is 4.38. The fourth-order valence-electron chi connectivity index (χ4n) is 2.16. The van der Waals surface area contributed by atoms with Gasteiger partial charge in [0.2, 0.25) is 0 Å². The van der Waals surface area contributed by atoms with Crippen molar-refractivity contribution >= 4 is 12.0 Å². The zero-order chi connectivity index (χ0) is 14.4. The Bertz CT molecular complexity index is 316. The van der Waals surface area contributed by atoms with Gasteiger partial charge in [0.05, 0.1) is 0 Å². The van der Waals surface area contributed by atoms with E-state index < -0.39 is 5.97 Å². The summed E-state index contributed by atoms with van der Waals surface area (Å²) in [6, 6.07) is -0.176. The van der Waals surface area contributed by atoms with Crippen molar-refractivity contribution in [3.05, 3.63) is 0 Å². The molecule has 0 radical (unpaired) electrons. The van der Waals surface area contributed by atoms with Gasteiger partial charge in [0, 0.05) is 25.2 Å². The molecule has 0 spiro atoms. The van der Waals surface area contributed by atoms with Crippen LogP contribution in [-0.4, -0.2) is 63.8 Å². The van der Waals surface area contributed by atoms with Crippen molar-refractivity contribution < 1.29 is 19.8 Å². The molecule has 2 N–H and O–H groups in total. The number of nitrogens with zero attached hydrogens (tertiary/aromatic N) is 2. The number of aliphatic hydroxyl groups is 1. The lowest BCUT2D eigenvalue weighted by Crippen LogP contribution is -2.54. The molecular formula is C13H24N2O4. The normalized spacial score (nSPS) is 15.2. The summed E-state index contributed by atoms with van der Waals surface area (Å²) in [6.07, 6.45) is 3.57. The number of urea groups is 1. The van der Waals surface area contributed by atoms with E-state index in [1.165, 1.54) is 4.90 Å². The first-order valence-corrected chi connectivity index (χ1v) is 6.87. The second-order valence-electron chi connectivity index (χ2n) is 5.25. The van der Waals surface area contributed by atoms with Gasteiger partial charge in [-0.3, -0.25) is 4.79 Å². The molecule has 6 heteroatoms. The SMILES string of the molecule is CC(C)N(CC(=O)O)C(=O)N(CCCO)C1CCC1. The van der Waals surface area contributed by atoms with Gasteiger partial charge in [-0.1, -0.05) is 0 Å². The van der Waals surface area contributed by atoms with Crippen LogP contribution in [0.4, 0.5) is 4.79 Å². The molecule has 0 aromatic carbocycles. The summed E-state index contributed by atoms with van der Waals surface area (Å²) in [6.45, 7) is 3.87. The maximum Gasteiger partial charge on any atom is 0.323 e. The highest BCUT2D eigenvalue weighted by Gasteiger charge is 2.32. The maximum absolute atomic E-state index is 12.5. The molecule has 1 aliphatic carbocycles. The summed E-state index contributed by atoms with van der Waals surface area (Å²) >= 11 is 0. The van der Waals surface area contributed by atoms with E-state index in [-0.39, 0.29) is 31.3 Å². The van der Waals surface area contributed by atoms with Gasteiger partial charge in [-0.2, -0.15) is 0 Å². The zero-order valence-corrected chi connectivity index (χ0v) is 11.7. The molecule has 0 atom stereocenters. The van der Waals surface area contributed by atoms with Crippen LogP contribution in [0.15, 0.2) is 0 Å². The van der Waals surface area contributed by atoms with Crippen molar-refractivity contribution in [3.63, 3.8) is 0 Å². The number of aliphatic carboxylic acids is 1. The van der Waals surface area contributed by atoms with Gasteiger partial charge in [-0.15, -0.1) is 0 Å². The zero-order valence-electron chi connectivity index (χ0n) is 11.7. The van der Waals surface area contributed by atoms with Gasteiger partial charge < -0.3 is 20.0 Å². The third-order valence-corrected chi connectivity index (χ3v) is 3.49. The van der Waals surface area contributed by atoms with E-state index in [9.17, 15) is 9.59 Å². The number of aliphatic hydroxyl groups excluding tert-OH is 1. The Morgan fingerprint density at radius 2 is 1.95 bits per heavy atom. The number of rotatable bonds is 7. The topological polar surface area (TPSA) is 81.1 Å². The molecule has 0 bridgehead atoms. The van der Waals surface area contributed by atoms with Crippen molar-refractivity contribution in [2.45, 2.75) is 51.6 Å². The van der Waals surface area contributed by atoms with Crippen LogP contribution < -0.4 is 0 Å². The highest BCUT2D eigenvalue weighted by Crippen LogP contribution is 2.26. The molecule has 0 heterocycles. The van der Waals surface area contributed by atoms with Crippen LogP contribution in [-0.2, 0) is 4.79 Å². The minimum absolute atomic E-state index is 0.0388. The molecule has 0 aliphatic heterocycles. The Hall–Kier alpha value is -1.30. The van der Waals surface area contributed by atoms with Crippen LogP contribution in [0.1, 0.15) is 39.5 Å². The van der Waals surface area contributed by atoms with E-state index in [1.807, 2.05) is 13.8 Å². The molecule has 0 aromatic heterocycles. The third-order valence-electron chi connectivity index (χ3n) is 3.49. The van der Waals surface area contributed by atoms with Gasteiger partial charge >= 0.3 is 12.0 Å². The predicted molar refractivity (Wildman–Crippen MR) is 70.9 cm³/mol. The number of amides is 2. The highest BCUT2D eigenvalue weighted by atomic mass is 16.4. The molecule has 1 saturated carbocycles. The van der Waals surface area contributed by atoms with Gasteiger partial charge in [0.25, 0.3) is 0 Å². The minimum atomic E-state index is -1.00. The summed E-state index contributed by atoms with van der Waals surface area (Å²) in [5, 5.41) is 17.8. The van der Waals surface area contributed by atoms with E-state index >= 15 is 0 Å². The van der Waals surface area contributed by atoms with Gasteiger partial charge in [0.15, 0.2) is 0 Å². The summed E-state index contributed by atoms with van der Waals surface area (Å²) in [4.78, 5) is 26.4. The average molecular weight is 272 g/mol. The first-order chi connectivity index (χ1) is 8.97. The molecule has 1 rings (SSSR count). The Labute approximate surface area is 114 Å². The van der Waals surface area contributed by atoms with Gasteiger partial charge in [0.1, 0.15) is 6.54 Å². The van der Waals surface area contributed by atoms with Crippen molar-refractivity contribution in [1.29, 1.82) is 0 Å². The van der Waals surface area contributed by atoms with E-state index in [0.717, 1.165) is 19.3 Å². The quantitative estimate of drug-likeness (QED) is 0.728. The van der Waals surface area contributed by atoms with Crippen molar-refractivity contribution in [1.82, 2.24) is 9.80 Å². The fraction of sp³-hybridized carbons (Fsp3) is 0.846. The first kappa shape index (κ1) is 15.8. The molecule has 6 nitrogen and oxygen atoms in total. The number of hydrogen-bond acceptors (Lipinski definition) is 3. The molecular weight excluding hydrogens is 248 g/mol. The molecule has 1 aliphatic rings. The van der Waals surface area contributed by atoms with E-state index in [0.29, 0.717) is 13.0 Å². The van der Waals surface area contributed by atoms with Crippen molar-refractivity contribution in [2.75, 3.05) is 19.7 Å². The molecule has 0 saturated heterocycles. The smallest absolute Gasteiger partial charge is 0.323 e. The lowest BCUT2D eigenvalue weighted by atomic mass is 9.91. The van der Waals surface area contributed by atoms with E-state index in [2.05, 4.69) is 0 Å². The fourth-order valence-corrected chi connectivity index (χ4v) is 2.16. The lowest BCUT2D eigenvalue weighted by Gasteiger charge is -2.41. The number of carbonyl (C=O) groups is 2. The van der Waals surface area contributed by atoms with Gasteiger partial charge in [-0.05, 0) is 39.5 Å². The predicted octanol–water partition coefficient (Wildman–Crippen LogP) is 1.14. The number of carboxylic acid groups (broad SMARTS) is 1. The van der Waals surface area contributed by atoms with Crippen LogP contribution in [0, 0.1) is 0 Å². The Kier molecular flexibility index (Phi) is 6.08. The molecule has 19 heavy (non-hydrogen) atoms. The largest absolute Gasteiger partial charge is 0.480 e. The van der Waals surface area contributed by atoms with E-state index in [4.69, 9.17) is 10.2 Å². The molecule has 2 amide bonds. The monoisotopic (exact) mass is 272 g/mol. The van der Waals surface area contributed by atoms with Crippen molar-refractivity contribution in [2.24, 2.45) is 0 Å². The minimum Gasteiger partial charge on any atom is -0.480 e. The molecule has 0 unspecified atom stereocenters.